The van der Waals surface area contributed by atoms with Gasteiger partial charge in [0.25, 0.3) is 0 Å². The van der Waals surface area contributed by atoms with Crippen molar-refractivity contribution in [3.05, 3.63) is 52.6 Å². The van der Waals surface area contributed by atoms with Crippen LogP contribution < -0.4 is 14.2 Å². The predicted octanol–water partition coefficient (Wildman–Crippen LogP) is 3.06. The van der Waals surface area contributed by atoms with Gasteiger partial charge in [-0.2, -0.15) is 0 Å². The van der Waals surface area contributed by atoms with E-state index in [9.17, 15) is 14.7 Å². The molecule has 26 heavy (non-hydrogen) atoms. The van der Waals surface area contributed by atoms with Crippen LogP contribution in [0.15, 0.2) is 30.3 Å². The summed E-state index contributed by atoms with van der Waals surface area (Å²) in [4.78, 5) is 24.7. The minimum Gasteiger partial charge on any atom is -0.497 e. The van der Waals surface area contributed by atoms with Crippen LogP contribution in [0.3, 0.4) is 0 Å². The summed E-state index contributed by atoms with van der Waals surface area (Å²) in [5.74, 6) is -0.695. The van der Waals surface area contributed by atoms with Crippen LogP contribution in [0.4, 0.5) is 0 Å². The third kappa shape index (κ3) is 2.98. The van der Waals surface area contributed by atoms with Crippen molar-refractivity contribution in [2.45, 2.75) is 19.3 Å². The molecule has 2 aromatic rings. The van der Waals surface area contributed by atoms with Crippen LogP contribution in [0.1, 0.15) is 39.9 Å². The highest BCUT2D eigenvalue weighted by Crippen LogP contribution is 2.43. The van der Waals surface area contributed by atoms with Crippen molar-refractivity contribution in [3.63, 3.8) is 0 Å². The van der Waals surface area contributed by atoms with Crippen LogP contribution in [0.25, 0.3) is 0 Å². The highest BCUT2D eigenvalue weighted by atomic mass is 16.5. The molecular weight excluding hydrogens is 336 g/mol. The fourth-order valence-electron chi connectivity index (χ4n) is 3.11. The molecule has 0 fully saturated rings. The summed E-state index contributed by atoms with van der Waals surface area (Å²) in [7, 11) is 2.98. The molecule has 0 saturated carbocycles. The van der Waals surface area contributed by atoms with E-state index in [1.165, 1.54) is 7.11 Å². The number of aliphatic carboxylic acids is 1. The molecule has 0 aliphatic carbocycles. The molecule has 136 valence electrons. The molecule has 1 heterocycles. The largest absolute Gasteiger partial charge is 0.497 e. The van der Waals surface area contributed by atoms with Crippen molar-refractivity contribution in [2.75, 3.05) is 20.8 Å². The van der Waals surface area contributed by atoms with Gasteiger partial charge in [0.1, 0.15) is 22.8 Å². The summed E-state index contributed by atoms with van der Waals surface area (Å²) in [5, 5.41) is 9.42. The first-order valence-electron chi connectivity index (χ1n) is 8.26. The number of carbonyl (C=O) groups excluding carboxylic acids is 1. The number of hydrogen-bond acceptors (Lipinski definition) is 5. The molecule has 0 saturated heterocycles. The Kier molecular flexibility index (Phi) is 4.84. The van der Waals surface area contributed by atoms with Crippen LogP contribution >= 0.6 is 0 Å². The van der Waals surface area contributed by atoms with Gasteiger partial charge in [-0.1, -0.05) is 0 Å². The van der Waals surface area contributed by atoms with Crippen molar-refractivity contribution >= 4 is 11.8 Å². The first-order chi connectivity index (χ1) is 12.5. The van der Waals surface area contributed by atoms with E-state index in [-0.39, 0.29) is 17.1 Å². The van der Waals surface area contributed by atoms with Gasteiger partial charge < -0.3 is 19.3 Å². The van der Waals surface area contributed by atoms with Gasteiger partial charge in [0.2, 0.25) is 5.78 Å². The molecular formula is C20H20O6. The Morgan fingerprint density at radius 1 is 1.15 bits per heavy atom. The number of methoxy groups -OCH3 is 2. The van der Waals surface area contributed by atoms with Crippen molar-refractivity contribution in [1.29, 1.82) is 0 Å². The molecule has 1 unspecified atom stereocenters. The Balaban J connectivity index is 2.18. The lowest BCUT2D eigenvalue weighted by molar-refractivity contribution is -0.138. The maximum atomic E-state index is 13.2. The standard InChI is InChI=1S/C20H20O6/c1-11(20(22)23)15-10-13-8-9-26-18(13)16(19(15)25-3)17(21)12-4-6-14(24-2)7-5-12/h4-7,10-11H,8-9H2,1-3H3,(H,22,23). The molecule has 0 aromatic heterocycles. The van der Waals surface area contributed by atoms with E-state index < -0.39 is 11.9 Å². The number of hydrogen-bond donors (Lipinski definition) is 1. The minimum atomic E-state index is -0.981. The van der Waals surface area contributed by atoms with Crippen molar-refractivity contribution < 1.29 is 28.9 Å². The number of ketones is 1. The summed E-state index contributed by atoms with van der Waals surface area (Å²) >= 11 is 0. The van der Waals surface area contributed by atoms with Gasteiger partial charge in [0, 0.05) is 17.5 Å². The smallest absolute Gasteiger partial charge is 0.310 e. The number of carbonyl (C=O) groups is 2. The zero-order chi connectivity index (χ0) is 18.8. The van der Waals surface area contributed by atoms with Gasteiger partial charge in [-0.3, -0.25) is 9.59 Å². The summed E-state index contributed by atoms with van der Waals surface area (Å²) in [6.45, 7) is 2.02. The predicted molar refractivity (Wildman–Crippen MR) is 94.7 cm³/mol. The number of fused-ring (bicyclic) bond motifs is 1. The highest BCUT2D eigenvalue weighted by Gasteiger charge is 2.31. The third-order valence-electron chi connectivity index (χ3n) is 4.58. The van der Waals surface area contributed by atoms with E-state index in [1.54, 1.807) is 44.4 Å². The zero-order valence-electron chi connectivity index (χ0n) is 14.9. The van der Waals surface area contributed by atoms with Gasteiger partial charge >= 0.3 is 5.97 Å². The van der Waals surface area contributed by atoms with Crippen LogP contribution in [0.5, 0.6) is 17.2 Å². The van der Waals surface area contributed by atoms with E-state index in [1.807, 2.05) is 0 Å². The van der Waals surface area contributed by atoms with Crippen LogP contribution in [-0.2, 0) is 11.2 Å². The first-order valence-corrected chi connectivity index (χ1v) is 8.26. The fourth-order valence-corrected chi connectivity index (χ4v) is 3.11. The maximum absolute atomic E-state index is 13.2. The number of carboxylic acids is 1. The van der Waals surface area contributed by atoms with E-state index in [0.717, 1.165) is 5.56 Å². The molecule has 3 rings (SSSR count). The van der Waals surface area contributed by atoms with Crippen LogP contribution in [-0.4, -0.2) is 37.7 Å². The Bertz CT molecular complexity index is 854. The molecule has 2 aromatic carbocycles. The number of rotatable bonds is 6. The van der Waals surface area contributed by atoms with Gasteiger partial charge in [0.15, 0.2) is 0 Å². The van der Waals surface area contributed by atoms with Gasteiger partial charge in [-0.15, -0.1) is 0 Å². The SMILES string of the molecule is COc1ccc(C(=O)c2c3c(cc(C(C)C(=O)O)c2OC)CCO3)cc1. The van der Waals surface area contributed by atoms with Crippen molar-refractivity contribution in [2.24, 2.45) is 0 Å². The lowest BCUT2D eigenvalue weighted by atomic mass is 9.90. The normalized spacial score (nSPS) is 13.5. The van der Waals surface area contributed by atoms with Crippen LogP contribution in [0.2, 0.25) is 0 Å². The molecule has 0 radical (unpaired) electrons. The summed E-state index contributed by atoms with van der Waals surface area (Å²) in [6.07, 6.45) is 0.627. The topological polar surface area (TPSA) is 82.1 Å². The van der Waals surface area contributed by atoms with E-state index in [0.29, 0.717) is 35.7 Å². The number of benzene rings is 2. The third-order valence-corrected chi connectivity index (χ3v) is 4.58. The average Bonchev–Trinajstić information content (AvgIpc) is 3.13. The summed E-state index contributed by atoms with van der Waals surface area (Å²) in [5.41, 5.74) is 2.02. The zero-order valence-corrected chi connectivity index (χ0v) is 14.9. The monoisotopic (exact) mass is 356 g/mol. The lowest BCUT2D eigenvalue weighted by Crippen LogP contribution is -2.13. The molecule has 1 aliphatic rings. The van der Waals surface area contributed by atoms with Crippen LogP contribution in [0, 0.1) is 0 Å². The fraction of sp³-hybridized carbons (Fsp3) is 0.300. The average molecular weight is 356 g/mol. The molecule has 0 amide bonds. The van der Waals surface area contributed by atoms with E-state index in [4.69, 9.17) is 14.2 Å². The molecule has 1 N–H and O–H groups in total. The second-order valence-electron chi connectivity index (χ2n) is 6.08. The quantitative estimate of drug-likeness (QED) is 0.801. The molecule has 0 bridgehead atoms. The lowest BCUT2D eigenvalue weighted by Gasteiger charge is -2.19. The Hall–Kier alpha value is -3.02. The maximum Gasteiger partial charge on any atom is 0.310 e. The van der Waals surface area contributed by atoms with Crippen molar-refractivity contribution in [1.82, 2.24) is 0 Å². The highest BCUT2D eigenvalue weighted by molar-refractivity contribution is 6.13. The van der Waals surface area contributed by atoms with Gasteiger partial charge in [0.05, 0.1) is 26.7 Å². The Labute approximate surface area is 151 Å². The Morgan fingerprint density at radius 3 is 2.42 bits per heavy atom. The number of carboxylic acid groups (broad SMARTS) is 1. The van der Waals surface area contributed by atoms with E-state index in [2.05, 4.69) is 0 Å². The minimum absolute atomic E-state index is 0.251. The molecule has 1 atom stereocenters. The molecule has 1 aliphatic heterocycles. The molecule has 6 nitrogen and oxygen atoms in total. The Morgan fingerprint density at radius 2 is 1.85 bits per heavy atom. The summed E-state index contributed by atoms with van der Waals surface area (Å²) in [6, 6.07) is 8.49. The van der Waals surface area contributed by atoms with Gasteiger partial charge in [-0.25, -0.2) is 0 Å². The van der Waals surface area contributed by atoms with Crippen molar-refractivity contribution in [3.8, 4) is 17.2 Å². The van der Waals surface area contributed by atoms with Gasteiger partial charge in [-0.05, 0) is 42.8 Å². The summed E-state index contributed by atoms with van der Waals surface area (Å²) < 4.78 is 16.3. The van der Waals surface area contributed by atoms with E-state index >= 15 is 0 Å². The molecule has 0 spiro atoms. The second-order valence-corrected chi connectivity index (χ2v) is 6.08. The first kappa shape index (κ1) is 17.8. The second kappa shape index (κ2) is 7.07. The number of ether oxygens (including phenoxy) is 3. The molecule has 6 heteroatoms.